The number of nitrogens with one attached hydrogen (secondary N) is 1. The van der Waals surface area contributed by atoms with E-state index < -0.39 is 29.1 Å². The molecule has 3 saturated carbocycles. The number of ether oxygens (including phenoxy) is 1. The zero-order valence-electron chi connectivity index (χ0n) is 27.8. The Morgan fingerprint density at radius 3 is 1.98 bits per heavy atom. The third kappa shape index (κ3) is 5.32. The molecule has 8 nitrogen and oxygen atoms in total. The second-order valence-corrected chi connectivity index (χ2v) is 13.3. The highest BCUT2D eigenvalue weighted by Crippen LogP contribution is 2.48. The highest BCUT2D eigenvalue weighted by molar-refractivity contribution is 5.92. The lowest BCUT2D eigenvalue weighted by Crippen LogP contribution is -2.52. The highest BCUT2D eigenvalue weighted by atomic mass is 19.1. The van der Waals surface area contributed by atoms with Crippen molar-refractivity contribution in [2.45, 2.75) is 37.3 Å². The Hall–Kier alpha value is -5.95. The van der Waals surface area contributed by atoms with Gasteiger partial charge in [-0.05, 0) is 66.3 Å². The van der Waals surface area contributed by atoms with Crippen molar-refractivity contribution in [3.63, 3.8) is 0 Å². The van der Waals surface area contributed by atoms with Crippen molar-refractivity contribution in [2.75, 3.05) is 12.4 Å². The summed E-state index contributed by atoms with van der Waals surface area (Å²) in [6, 6.07) is 33.6. The van der Waals surface area contributed by atoms with Gasteiger partial charge in [-0.3, -0.25) is 4.79 Å². The highest BCUT2D eigenvalue weighted by Gasteiger charge is 2.48. The Morgan fingerprint density at radius 1 is 0.863 bits per heavy atom. The molecule has 2 atom stereocenters. The van der Waals surface area contributed by atoms with Crippen LogP contribution in [0.3, 0.4) is 0 Å². The molecule has 2 bridgehead atoms. The van der Waals surface area contributed by atoms with Gasteiger partial charge in [0.2, 0.25) is 0 Å². The van der Waals surface area contributed by atoms with Crippen molar-refractivity contribution < 1.29 is 18.3 Å². The number of benzene rings is 3. The molecular formula is C41H34F2N6O2. The Morgan fingerprint density at radius 2 is 1.43 bits per heavy atom. The van der Waals surface area contributed by atoms with Gasteiger partial charge in [0.25, 0.3) is 0 Å². The van der Waals surface area contributed by atoms with Gasteiger partial charge >= 0.3 is 5.97 Å². The Labute approximate surface area is 293 Å². The molecule has 9 rings (SSSR count). The minimum absolute atomic E-state index is 0.0659. The molecule has 0 amide bonds. The molecule has 3 heterocycles. The summed E-state index contributed by atoms with van der Waals surface area (Å²) in [6.07, 6.45) is 4.76. The number of aromatic nitrogens is 4. The second-order valence-electron chi connectivity index (χ2n) is 13.3. The molecule has 3 fully saturated rings. The van der Waals surface area contributed by atoms with E-state index in [9.17, 15) is 10.1 Å². The lowest BCUT2D eigenvalue weighted by Gasteiger charge is -2.47. The summed E-state index contributed by atoms with van der Waals surface area (Å²) in [5, 5.41) is 19.0. The number of fused-ring (bicyclic) bond motifs is 4. The Bertz CT molecular complexity index is 2170. The smallest absolute Gasteiger partial charge is 0.311 e. The third-order valence-corrected chi connectivity index (χ3v) is 10.7. The van der Waals surface area contributed by atoms with Crippen LogP contribution in [0.25, 0.3) is 22.4 Å². The molecule has 0 spiro atoms. The van der Waals surface area contributed by atoms with Crippen LogP contribution in [0.15, 0.2) is 109 Å². The summed E-state index contributed by atoms with van der Waals surface area (Å²) in [6.45, 7) is 0. The van der Waals surface area contributed by atoms with E-state index in [0.717, 1.165) is 54.6 Å². The van der Waals surface area contributed by atoms with Crippen molar-refractivity contribution in [2.24, 2.45) is 17.8 Å². The van der Waals surface area contributed by atoms with Crippen LogP contribution in [-0.2, 0) is 15.1 Å². The SMILES string of the molecule is COC(=O)[C@H]1C2CCC(CC2)[C@@H]1Nc1nc(-c2nn(C(c3ccccc3)(c3ccccc3)c3ccccc3)c3ncc(F)cc23)c(C#N)cc1F. The van der Waals surface area contributed by atoms with E-state index in [2.05, 4.69) is 16.4 Å². The van der Waals surface area contributed by atoms with Crippen molar-refractivity contribution in [1.82, 2.24) is 19.7 Å². The molecule has 3 aromatic heterocycles. The van der Waals surface area contributed by atoms with Crippen LogP contribution in [0.2, 0.25) is 0 Å². The van der Waals surface area contributed by atoms with Crippen LogP contribution >= 0.6 is 0 Å². The van der Waals surface area contributed by atoms with Gasteiger partial charge < -0.3 is 10.1 Å². The van der Waals surface area contributed by atoms with Crippen molar-refractivity contribution in [3.05, 3.63) is 143 Å². The first kappa shape index (κ1) is 32.3. The van der Waals surface area contributed by atoms with E-state index >= 15 is 8.78 Å². The number of carbonyl (C=O) groups is 1. The molecule has 0 saturated heterocycles. The summed E-state index contributed by atoms with van der Waals surface area (Å²) in [7, 11) is 1.37. The van der Waals surface area contributed by atoms with Crippen LogP contribution in [0, 0.1) is 40.7 Å². The number of anilines is 1. The number of hydrogen-bond donors (Lipinski definition) is 1. The first-order chi connectivity index (χ1) is 24.9. The molecule has 0 aliphatic heterocycles. The summed E-state index contributed by atoms with van der Waals surface area (Å²) in [4.78, 5) is 22.3. The van der Waals surface area contributed by atoms with E-state index in [-0.39, 0.29) is 40.6 Å². The fraction of sp³-hybridized carbons (Fsp3) is 0.244. The second kappa shape index (κ2) is 13.1. The lowest BCUT2D eigenvalue weighted by molar-refractivity contribution is -0.152. The normalized spacial score (nSPS) is 19.8. The maximum Gasteiger partial charge on any atom is 0.311 e. The van der Waals surface area contributed by atoms with E-state index in [1.54, 1.807) is 4.68 Å². The van der Waals surface area contributed by atoms with E-state index in [0.29, 0.717) is 11.0 Å². The van der Waals surface area contributed by atoms with Crippen molar-refractivity contribution in [3.8, 4) is 17.5 Å². The molecule has 3 aliphatic rings. The van der Waals surface area contributed by atoms with Gasteiger partial charge in [0.05, 0.1) is 30.2 Å². The summed E-state index contributed by atoms with van der Waals surface area (Å²) in [5.41, 5.74) is 1.96. The van der Waals surface area contributed by atoms with Gasteiger partial charge in [-0.1, -0.05) is 91.0 Å². The van der Waals surface area contributed by atoms with Gasteiger partial charge in [-0.15, -0.1) is 0 Å². The Kier molecular flexibility index (Phi) is 8.27. The largest absolute Gasteiger partial charge is 0.469 e. The van der Waals surface area contributed by atoms with E-state index in [4.69, 9.17) is 14.8 Å². The van der Waals surface area contributed by atoms with Crippen LogP contribution in [0.5, 0.6) is 0 Å². The zero-order chi connectivity index (χ0) is 35.1. The average Bonchev–Trinajstić information content (AvgIpc) is 3.55. The molecule has 254 valence electrons. The monoisotopic (exact) mass is 680 g/mol. The van der Waals surface area contributed by atoms with Crippen molar-refractivity contribution in [1.29, 1.82) is 5.26 Å². The minimum Gasteiger partial charge on any atom is -0.469 e. The first-order valence-electron chi connectivity index (χ1n) is 17.1. The topological polar surface area (TPSA) is 106 Å². The number of nitrogens with zero attached hydrogens (tertiary/aromatic N) is 5. The summed E-state index contributed by atoms with van der Waals surface area (Å²) in [5.74, 6) is -1.99. The van der Waals surface area contributed by atoms with Crippen LogP contribution < -0.4 is 5.32 Å². The fourth-order valence-corrected chi connectivity index (χ4v) is 8.44. The minimum atomic E-state index is -1.12. The van der Waals surface area contributed by atoms with E-state index in [1.165, 1.54) is 13.2 Å². The van der Waals surface area contributed by atoms with E-state index in [1.807, 2.05) is 91.0 Å². The van der Waals surface area contributed by atoms with Gasteiger partial charge in [0, 0.05) is 6.04 Å². The van der Waals surface area contributed by atoms with Gasteiger partial charge in [0.1, 0.15) is 28.8 Å². The van der Waals surface area contributed by atoms with Gasteiger partial charge in [-0.25, -0.2) is 23.4 Å². The molecule has 3 aromatic carbocycles. The number of methoxy groups -OCH3 is 1. The predicted octanol–water partition coefficient (Wildman–Crippen LogP) is 7.87. The number of pyridine rings is 2. The number of carbonyl (C=O) groups excluding carboxylic acids is 1. The zero-order valence-corrected chi connectivity index (χ0v) is 27.8. The predicted molar refractivity (Wildman–Crippen MR) is 188 cm³/mol. The lowest BCUT2D eigenvalue weighted by atomic mass is 9.61. The third-order valence-electron chi connectivity index (χ3n) is 10.7. The first-order valence-corrected chi connectivity index (χ1v) is 17.1. The standard InChI is InChI=1S/C41H34F2N6O2/c1-51-40(50)34-25-17-19-26(20-18-25)35(34)46-38-33(43)21-27(23-44)36(47-38)37-32-22-31(42)24-45-39(32)49(48-37)41(28-11-5-2-6-12-28,29-13-7-3-8-14-29)30-15-9-4-10-16-30/h2-16,21-22,24-26,34-35H,17-20H2,1H3,(H,46,47)/t25?,26?,34-,35-/m0/s1. The quantitative estimate of drug-likeness (QED) is 0.129. The van der Waals surface area contributed by atoms with Gasteiger partial charge in [0.15, 0.2) is 17.3 Å². The molecule has 1 N–H and O–H groups in total. The van der Waals surface area contributed by atoms with Crippen LogP contribution in [-0.4, -0.2) is 38.9 Å². The number of rotatable bonds is 8. The Balaban J connectivity index is 1.38. The number of esters is 1. The molecule has 6 aromatic rings. The van der Waals surface area contributed by atoms with Gasteiger partial charge in [-0.2, -0.15) is 10.4 Å². The summed E-state index contributed by atoms with van der Waals surface area (Å²) >= 11 is 0. The maximum atomic E-state index is 15.9. The molecule has 51 heavy (non-hydrogen) atoms. The molecular weight excluding hydrogens is 646 g/mol. The average molecular weight is 681 g/mol. The maximum absolute atomic E-state index is 15.9. The molecule has 0 unspecified atom stereocenters. The fourth-order valence-electron chi connectivity index (χ4n) is 8.44. The molecule has 0 radical (unpaired) electrons. The van der Waals surface area contributed by atoms with Crippen molar-refractivity contribution >= 4 is 22.8 Å². The van der Waals surface area contributed by atoms with Crippen LogP contribution in [0.1, 0.15) is 47.9 Å². The number of hydrogen-bond acceptors (Lipinski definition) is 7. The number of halogens is 2. The number of nitriles is 1. The summed E-state index contributed by atoms with van der Waals surface area (Å²) < 4.78 is 38.0. The molecule has 10 heteroatoms. The molecule has 3 aliphatic carbocycles. The van der Waals surface area contributed by atoms with Crippen LogP contribution in [0.4, 0.5) is 14.6 Å².